The molecule has 2 atom stereocenters. The van der Waals surface area contributed by atoms with Gasteiger partial charge in [0.2, 0.25) is 0 Å². The van der Waals surface area contributed by atoms with Crippen LogP contribution in [-0.2, 0) is 38.9 Å². The zero-order valence-electron chi connectivity index (χ0n) is 27.7. The molecule has 0 aromatic heterocycles. The monoisotopic (exact) mass is 750 g/mol. The van der Waals surface area contributed by atoms with Crippen molar-refractivity contribution in [1.29, 1.82) is 0 Å². The maximum Gasteiger partial charge on any atom is 0.430 e. The van der Waals surface area contributed by atoms with Gasteiger partial charge in [-0.1, -0.05) is 31.2 Å². The van der Waals surface area contributed by atoms with Crippen molar-refractivity contribution in [3.63, 3.8) is 0 Å². The van der Waals surface area contributed by atoms with E-state index >= 15 is 0 Å². The number of halogens is 9. The number of unbranched alkanes of at least 4 members (excludes halogenated alkanes) is 1. The van der Waals surface area contributed by atoms with E-state index in [0.29, 0.717) is 55.3 Å². The first kappa shape index (κ1) is 38.8. The van der Waals surface area contributed by atoms with Crippen molar-refractivity contribution in [3.8, 4) is 5.75 Å². The predicted molar refractivity (Wildman–Crippen MR) is 165 cm³/mol. The first-order chi connectivity index (χ1) is 24.3. The lowest BCUT2D eigenvalue weighted by atomic mass is 9.77. The van der Waals surface area contributed by atoms with Crippen LogP contribution < -0.4 is 10.1 Å². The van der Waals surface area contributed by atoms with Gasteiger partial charge in [0.15, 0.2) is 5.76 Å². The molecule has 2 heterocycles. The summed E-state index contributed by atoms with van der Waals surface area (Å²) in [7, 11) is 0. The van der Waals surface area contributed by atoms with Crippen molar-refractivity contribution in [3.05, 3.63) is 88.4 Å². The molecule has 3 aliphatic rings. The predicted octanol–water partition coefficient (Wildman–Crippen LogP) is 7.50. The Morgan fingerprint density at radius 1 is 0.904 bits per heavy atom. The van der Waals surface area contributed by atoms with Gasteiger partial charge < -0.3 is 24.6 Å². The number of benzene rings is 2. The summed E-state index contributed by atoms with van der Waals surface area (Å²) in [6.07, 6.45) is -12.7. The van der Waals surface area contributed by atoms with E-state index in [9.17, 15) is 54.2 Å². The van der Waals surface area contributed by atoms with Crippen LogP contribution in [0.3, 0.4) is 0 Å². The lowest BCUT2D eigenvalue weighted by Gasteiger charge is -2.36. The number of aryl methyl sites for hydroxylation is 2. The van der Waals surface area contributed by atoms with Gasteiger partial charge in [-0.2, -0.15) is 39.5 Å². The molecule has 2 N–H and O–H groups in total. The standard InChI is InChI=1S/C35H35F9N2O6/c1-2-31(24-11-14-27-28(20-24)52-18-17-51-27)29(47)46(30(48)45-31)15-3-4-16-50-26-13-12-25(32(49,34(39,40)41)35(42,43)44)19-22(26)8-5-21-6-9-23(10-7-21)33(36,37)38/h6-7,9-14,19,24,49H,2-5,8,15-18,20H2,1H3,(H,45,48). The molecule has 1 saturated heterocycles. The molecule has 3 amide bonds. The van der Waals surface area contributed by atoms with Crippen LogP contribution in [-0.4, -0.2) is 66.2 Å². The van der Waals surface area contributed by atoms with Crippen LogP contribution in [0, 0.1) is 5.92 Å². The highest BCUT2D eigenvalue weighted by molar-refractivity contribution is 6.07. The molecular weight excluding hydrogens is 715 g/mol. The third-order valence-electron chi connectivity index (χ3n) is 9.47. The number of hydrogen-bond acceptors (Lipinski definition) is 6. The Morgan fingerprint density at radius 2 is 1.56 bits per heavy atom. The van der Waals surface area contributed by atoms with Crippen LogP contribution in [0.2, 0.25) is 0 Å². The zero-order chi connectivity index (χ0) is 38.1. The summed E-state index contributed by atoms with van der Waals surface area (Å²) < 4.78 is 138. The van der Waals surface area contributed by atoms with E-state index in [-0.39, 0.29) is 50.1 Å². The minimum Gasteiger partial charge on any atom is -0.493 e. The number of carbonyl (C=O) groups is 2. The van der Waals surface area contributed by atoms with Gasteiger partial charge in [0.25, 0.3) is 11.5 Å². The molecule has 1 aliphatic carbocycles. The van der Waals surface area contributed by atoms with E-state index in [1.54, 1.807) is 19.1 Å². The Balaban J connectivity index is 1.26. The van der Waals surface area contributed by atoms with Crippen molar-refractivity contribution >= 4 is 11.9 Å². The van der Waals surface area contributed by atoms with Gasteiger partial charge >= 0.3 is 24.6 Å². The highest BCUT2D eigenvalue weighted by Gasteiger charge is 2.71. The SMILES string of the molecule is CCC1(C2C=CC3=C(C2)OCCO3)NC(=O)N(CCCCOc2ccc(C(O)(C(F)(F)F)C(F)(F)F)cc2CCc2ccc(C(F)(F)F)cc2)C1=O. The fraction of sp³-hybridized carbons (Fsp3) is 0.486. The molecule has 0 bridgehead atoms. The number of amides is 3. The first-order valence-electron chi connectivity index (χ1n) is 16.4. The number of ether oxygens (including phenoxy) is 3. The molecule has 0 spiro atoms. The van der Waals surface area contributed by atoms with E-state index in [1.807, 2.05) is 0 Å². The van der Waals surface area contributed by atoms with Crippen LogP contribution in [0.15, 0.2) is 66.1 Å². The van der Waals surface area contributed by atoms with Crippen molar-refractivity contribution in [2.45, 2.75) is 75.1 Å². The molecule has 284 valence electrons. The number of urea groups is 1. The van der Waals surface area contributed by atoms with Crippen molar-refractivity contribution in [2.75, 3.05) is 26.4 Å². The Hall–Kier alpha value is -4.41. The molecule has 2 aromatic rings. The molecule has 17 heteroatoms. The Bertz CT molecular complexity index is 1690. The molecule has 2 unspecified atom stereocenters. The summed E-state index contributed by atoms with van der Waals surface area (Å²) in [5, 5.41) is 12.8. The Labute approximate surface area is 292 Å². The Kier molecular flexibility index (Phi) is 10.9. The van der Waals surface area contributed by atoms with E-state index in [1.165, 1.54) is 0 Å². The number of carbonyl (C=O) groups excluding carboxylic acids is 2. The molecule has 2 aromatic carbocycles. The summed E-state index contributed by atoms with van der Waals surface area (Å²) in [6.45, 7) is 2.40. The summed E-state index contributed by atoms with van der Waals surface area (Å²) in [4.78, 5) is 27.7. The number of imide groups is 1. The lowest BCUT2D eigenvalue weighted by Crippen LogP contribution is -2.53. The van der Waals surface area contributed by atoms with Crippen LogP contribution in [0.4, 0.5) is 44.3 Å². The van der Waals surface area contributed by atoms with Crippen LogP contribution in [0.5, 0.6) is 5.75 Å². The average Bonchev–Trinajstić information content (AvgIpc) is 3.34. The molecule has 5 rings (SSSR count). The van der Waals surface area contributed by atoms with Crippen LogP contribution >= 0.6 is 0 Å². The topological polar surface area (TPSA) is 97.3 Å². The number of aliphatic hydroxyl groups is 1. The molecule has 0 radical (unpaired) electrons. The first-order valence-corrected chi connectivity index (χ1v) is 16.4. The van der Waals surface area contributed by atoms with Gasteiger partial charge in [0.1, 0.15) is 30.3 Å². The zero-order valence-corrected chi connectivity index (χ0v) is 27.7. The second-order valence-electron chi connectivity index (χ2n) is 12.6. The normalized spacial score (nSPS) is 21.1. The molecule has 2 aliphatic heterocycles. The highest BCUT2D eigenvalue weighted by Crippen LogP contribution is 2.50. The fourth-order valence-corrected chi connectivity index (χ4v) is 6.50. The van der Waals surface area contributed by atoms with Crippen LogP contribution in [0.25, 0.3) is 0 Å². The molecule has 1 fully saturated rings. The summed E-state index contributed by atoms with van der Waals surface area (Å²) in [5.41, 5.74) is -8.74. The average molecular weight is 751 g/mol. The molecule has 0 saturated carbocycles. The highest BCUT2D eigenvalue weighted by atomic mass is 19.4. The number of alkyl halides is 9. The summed E-state index contributed by atoms with van der Waals surface area (Å²) in [6, 6.07) is 5.08. The lowest BCUT2D eigenvalue weighted by molar-refractivity contribution is -0.376. The van der Waals surface area contributed by atoms with Crippen molar-refractivity contribution in [1.82, 2.24) is 10.2 Å². The second-order valence-corrected chi connectivity index (χ2v) is 12.6. The van der Waals surface area contributed by atoms with Crippen molar-refractivity contribution in [2.24, 2.45) is 5.92 Å². The van der Waals surface area contributed by atoms with E-state index < -0.39 is 58.7 Å². The van der Waals surface area contributed by atoms with Crippen LogP contribution in [0.1, 0.15) is 54.9 Å². The minimum atomic E-state index is -6.14. The third-order valence-corrected chi connectivity index (χ3v) is 9.47. The molecule has 52 heavy (non-hydrogen) atoms. The second kappa shape index (κ2) is 14.5. The quantitative estimate of drug-likeness (QED) is 0.133. The van der Waals surface area contributed by atoms with Gasteiger partial charge in [-0.3, -0.25) is 9.69 Å². The number of rotatable bonds is 12. The van der Waals surface area contributed by atoms with Gasteiger partial charge in [0, 0.05) is 24.4 Å². The van der Waals surface area contributed by atoms with E-state index in [0.717, 1.165) is 35.2 Å². The number of nitrogens with zero attached hydrogens (tertiary/aromatic N) is 1. The summed E-state index contributed by atoms with van der Waals surface area (Å²) >= 11 is 0. The third kappa shape index (κ3) is 7.55. The van der Waals surface area contributed by atoms with E-state index in [4.69, 9.17) is 14.2 Å². The van der Waals surface area contributed by atoms with Gasteiger partial charge in [-0.25, -0.2) is 4.79 Å². The maximum absolute atomic E-state index is 13.7. The minimum absolute atomic E-state index is 0.0102. The molecular formula is C35H35F9N2O6. The largest absolute Gasteiger partial charge is 0.493 e. The summed E-state index contributed by atoms with van der Waals surface area (Å²) in [5.74, 6) is 0.223. The maximum atomic E-state index is 13.7. The molecule has 8 nitrogen and oxygen atoms in total. The number of allylic oxidation sites excluding steroid dienone is 2. The smallest absolute Gasteiger partial charge is 0.430 e. The van der Waals surface area contributed by atoms with Gasteiger partial charge in [-0.15, -0.1) is 0 Å². The van der Waals surface area contributed by atoms with Crippen molar-refractivity contribution < 1.29 is 68.4 Å². The van der Waals surface area contributed by atoms with Gasteiger partial charge in [-0.05, 0) is 73.6 Å². The fourth-order valence-electron chi connectivity index (χ4n) is 6.50. The number of hydrogen-bond donors (Lipinski definition) is 2. The van der Waals surface area contributed by atoms with E-state index in [2.05, 4.69) is 5.32 Å². The van der Waals surface area contributed by atoms with Gasteiger partial charge in [0.05, 0.1) is 12.2 Å². The Morgan fingerprint density at radius 3 is 2.19 bits per heavy atom. The number of nitrogens with one attached hydrogen (secondary N) is 1.